The number of halogens is 1. The van der Waals surface area contributed by atoms with Crippen molar-refractivity contribution >= 4 is 29.0 Å². The number of ether oxygens (including phenoxy) is 2. The molecule has 0 atom stereocenters. The smallest absolute Gasteiger partial charge is 0.260 e. The zero-order valence-electron chi connectivity index (χ0n) is 12.8. The average Bonchev–Trinajstić information content (AvgIpc) is 3.12. The summed E-state index contributed by atoms with van der Waals surface area (Å²) in [5, 5.41) is 2.73. The molecule has 4 rings (SSSR count). The van der Waals surface area contributed by atoms with E-state index in [1.807, 2.05) is 12.1 Å². The average molecular weight is 324 g/mol. The monoisotopic (exact) mass is 324 g/mol. The summed E-state index contributed by atoms with van der Waals surface area (Å²) in [6.45, 7) is 0.265. The first kappa shape index (κ1) is 14.4. The van der Waals surface area contributed by atoms with Gasteiger partial charge in [0, 0.05) is 16.8 Å². The van der Waals surface area contributed by atoms with Gasteiger partial charge in [0.15, 0.2) is 0 Å². The van der Waals surface area contributed by atoms with Gasteiger partial charge in [-0.25, -0.2) is 9.37 Å². The Bertz CT molecular complexity index is 918. The summed E-state index contributed by atoms with van der Waals surface area (Å²) in [6.07, 6.45) is 3.27. The molecule has 3 heterocycles. The fourth-order valence-electron chi connectivity index (χ4n) is 2.86. The van der Waals surface area contributed by atoms with Crippen molar-refractivity contribution in [1.29, 1.82) is 0 Å². The molecule has 1 aromatic carbocycles. The normalized spacial score (nSPS) is 18.3. The van der Waals surface area contributed by atoms with E-state index in [0.29, 0.717) is 22.6 Å². The molecule has 24 heavy (non-hydrogen) atoms. The number of pyridine rings is 1. The zero-order chi connectivity index (χ0) is 16.7. The van der Waals surface area contributed by atoms with Crippen molar-refractivity contribution in [3.63, 3.8) is 0 Å². The number of carbonyl (C=O) groups excluding carboxylic acids is 1. The quantitative estimate of drug-likeness (QED) is 0.681. The second kappa shape index (κ2) is 5.49. The van der Waals surface area contributed by atoms with Gasteiger partial charge in [-0.1, -0.05) is 0 Å². The maximum Gasteiger partial charge on any atom is 0.260 e. The van der Waals surface area contributed by atoms with Gasteiger partial charge < -0.3 is 14.8 Å². The minimum absolute atomic E-state index is 0.265. The van der Waals surface area contributed by atoms with Crippen molar-refractivity contribution in [2.45, 2.75) is 6.61 Å². The number of hydrogen-bond donors (Lipinski definition) is 1. The molecular weight excluding hydrogens is 311 g/mol. The molecule has 1 aromatic heterocycles. The second-order valence-corrected chi connectivity index (χ2v) is 5.41. The Labute approximate surface area is 137 Å². The molecular formula is C18H13FN2O3. The molecule has 1 N–H and O–H groups in total. The number of hydrogen-bond acceptors (Lipinski definition) is 4. The zero-order valence-corrected chi connectivity index (χ0v) is 12.8. The van der Waals surface area contributed by atoms with Crippen LogP contribution in [0.5, 0.6) is 0 Å². The first-order chi connectivity index (χ1) is 11.7. The van der Waals surface area contributed by atoms with E-state index in [2.05, 4.69) is 10.3 Å². The maximum atomic E-state index is 13.6. The van der Waals surface area contributed by atoms with Crippen LogP contribution < -0.4 is 5.32 Å². The molecule has 0 saturated carbocycles. The summed E-state index contributed by atoms with van der Waals surface area (Å²) < 4.78 is 24.2. The molecule has 0 radical (unpaired) electrons. The Morgan fingerprint density at radius 1 is 1.29 bits per heavy atom. The minimum Gasteiger partial charge on any atom is -0.504 e. The summed E-state index contributed by atoms with van der Waals surface area (Å²) in [7, 11) is 1.56. The summed E-state index contributed by atoms with van der Waals surface area (Å²) in [5.41, 5.74) is 3.62. The standard InChI is InChI=1S/C18H13FN2O3/c1-23-7-6-11-3-4-12-15(20-11)9-24-17(12)16-13-8-10(19)2-5-14(13)21-18(16)22/h2-8H,9H2,1H3,(H,21,22)/b7-6+,17-16+. The lowest BCUT2D eigenvalue weighted by atomic mass is 10.0. The second-order valence-electron chi connectivity index (χ2n) is 5.41. The third kappa shape index (κ3) is 2.23. The minimum atomic E-state index is -0.403. The van der Waals surface area contributed by atoms with Crippen LogP contribution in [0.4, 0.5) is 10.1 Å². The van der Waals surface area contributed by atoms with Gasteiger partial charge in [-0.15, -0.1) is 0 Å². The predicted octanol–water partition coefficient (Wildman–Crippen LogP) is 3.19. The highest BCUT2D eigenvalue weighted by Crippen LogP contribution is 2.41. The summed E-state index contributed by atoms with van der Waals surface area (Å²) in [4.78, 5) is 16.8. The Balaban J connectivity index is 1.83. The fraction of sp³-hybridized carbons (Fsp3) is 0.111. The molecule has 2 aliphatic heterocycles. The Morgan fingerprint density at radius 3 is 3.00 bits per heavy atom. The molecule has 1 amide bonds. The van der Waals surface area contributed by atoms with Crippen LogP contribution >= 0.6 is 0 Å². The van der Waals surface area contributed by atoms with Crippen molar-refractivity contribution in [2.75, 3.05) is 12.4 Å². The van der Waals surface area contributed by atoms with Crippen LogP contribution in [0.25, 0.3) is 17.4 Å². The van der Waals surface area contributed by atoms with Crippen molar-refractivity contribution in [3.8, 4) is 0 Å². The van der Waals surface area contributed by atoms with Crippen LogP contribution in [0.15, 0.2) is 36.6 Å². The first-order valence-corrected chi connectivity index (χ1v) is 7.35. The predicted molar refractivity (Wildman–Crippen MR) is 86.9 cm³/mol. The van der Waals surface area contributed by atoms with E-state index in [1.165, 1.54) is 18.4 Å². The van der Waals surface area contributed by atoms with Crippen LogP contribution in [-0.2, 0) is 20.9 Å². The van der Waals surface area contributed by atoms with Crippen LogP contribution in [0.2, 0.25) is 0 Å². The number of aromatic nitrogens is 1. The van der Waals surface area contributed by atoms with Gasteiger partial charge in [0.1, 0.15) is 18.2 Å². The highest BCUT2D eigenvalue weighted by molar-refractivity contribution is 6.36. The van der Waals surface area contributed by atoms with Gasteiger partial charge in [0.05, 0.1) is 30.3 Å². The number of amides is 1. The molecule has 0 aliphatic carbocycles. The van der Waals surface area contributed by atoms with Crippen LogP contribution in [-0.4, -0.2) is 18.0 Å². The highest BCUT2D eigenvalue weighted by Gasteiger charge is 2.33. The van der Waals surface area contributed by atoms with Crippen LogP contribution in [0, 0.1) is 5.82 Å². The number of nitrogens with zero attached hydrogens (tertiary/aromatic N) is 1. The number of methoxy groups -OCH3 is 1. The topological polar surface area (TPSA) is 60.5 Å². The first-order valence-electron chi connectivity index (χ1n) is 7.35. The number of nitrogens with one attached hydrogen (secondary N) is 1. The highest BCUT2D eigenvalue weighted by atomic mass is 19.1. The summed E-state index contributed by atoms with van der Waals surface area (Å²) in [5.74, 6) is -0.275. The van der Waals surface area contributed by atoms with E-state index in [0.717, 1.165) is 17.0 Å². The fourth-order valence-corrected chi connectivity index (χ4v) is 2.86. The lowest BCUT2D eigenvalue weighted by Crippen LogP contribution is -2.05. The van der Waals surface area contributed by atoms with Crippen molar-refractivity contribution in [2.24, 2.45) is 0 Å². The lowest BCUT2D eigenvalue weighted by molar-refractivity contribution is -0.110. The molecule has 2 aliphatic rings. The van der Waals surface area contributed by atoms with Crippen molar-refractivity contribution < 1.29 is 18.7 Å². The molecule has 0 fully saturated rings. The summed E-state index contributed by atoms with van der Waals surface area (Å²) >= 11 is 0. The molecule has 120 valence electrons. The van der Waals surface area contributed by atoms with Crippen molar-refractivity contribution in [3.05, 3.63) is 64.9 Å². The Hall–Kier alpha value is -3.15. The van der Waals surface area contributed by atoms with Gasteiger partial charge in [-0.2, -0.15) is 0 Å². The Kier molecular flexibility index (Phi) is 3.30. The van der Waals surface area contributed by atoms with Gasteiger partial charge >= 0.3 is 0 Å². The number of anilines is 1. The van der Waals surface area contributed by atoms with E-state index in [4.69, 9.17) is 9.47 Å². The molecule has 6 heteroatoms. The van der Waals surface area contributed by atoms with Crippen LogP contribution in [0.1, 0.15) is 22.5 Å². The number of fused-ring (bicyclic) bond motifs is 2. The Morgan fingerprint density at radius 2 is 2.17 bits per heavy atom. The third-order valence-electron chi connectivity index (χ3n) is 3.92. The molecule has 0 bridgehead atoms. The van der Waals surface area contributed by atoms with E-state index < -0.39 is 5.82 Å². The van der Waals surface area contributed by atoms with Gasteiger partial charge in [0.25, 0.3) is 5.91 Å². The number of carbonyl (C=O) groups is 1. The van der Waals surface area contributed by atoms with E-state index in [9.17, 15) is 9.18 Å². The molecule has 0 spiro atoms. The molecule has 2 aromatic rings. The van der Waals surface area contributed by atoms with E-state index in [1.54, 1.807) is 19.3 Å². The SMILES string of the molecule is CO/C=C/c1ccc2c(n1)CO/C2=C1/C(=O)Nc2ccc(F)cc21. The van der Waals surface area contributed by atoms with Gasteiger partial charge in [-0.3, -0.25) is 4.79 Å². The largest absolute Gasteiger partial charge is 0.504 e. The number of benzene rings is 1. The van der Waals surface area contributed by atoms with E-state index in [-0.39, 0.29) is 12.5 Å². The summed E-state index contributed by atoms with van der Waals surface area (Å²) in [6, 6.07) is 7.84. The number of rotatable bonds is 2. The van der Waals surface area contributed by atoms with E-state index >= 15 is 0 Å². The maximum absolute atomic E-state index is 13.6. The third-order valence-corrected chi connectivity index (χ3v) is 3.92. The van der Waals surface area contributed by atoms with Crippen molar-refractivity contribution in [1.82, 2.24) is 4.98 Å². The molecule has 0 saturated heterocycles. The molecule has 5 nitrogen and oxygen atoms in total. The molecule has 0 unspecified atom stereocenters. The van der Waals surface area contributed by atoms with Gasteiger partial charge in [0.2, 0.25) is 0 Å². The van der Waals surface area contributed by atoms with Crippen LogP contribution in [0.3, 0.4) is 0 Å². The lowest BCUT2D eigenvalue weighted by Gasteiger charge is -2.05. The van der Waals surface area contributed by atoms with Gasteiger partial charge in [-0.05, 0) is 36.4 Å².